The van der Waals surface area contributed by atoms with Crippen molar-refractivity contribution in [1.29, 1.82) is 0 Å². The van der Waals surface area contributed by atoms with Crippen molar-refractivity contribution in [2.45, 2.75) is 19.5 Å². The molecule has 0 saturated carbocycles. The molecule has 0 aliphatic heterocycles. The van der Waals surface area contributed by atoms with Crippen LogP contribution in [0.1, 0.15) is 11.1 Å². The molecular weight excluding hydrogens is 324 g/mol. The van der Waals surface area contributed by atoms with Gasteiger partial charge in [-0.05, 0) is 36.2 Å². The summed E-state index contributed by atoms with van der Waals surface area (Å²) in [5.74, 6) is 0.868. The highest BCUT2D eigenvalue weighted by Crippen LogP contribution is 2.10. The van der Waals surface area contributed by atoms with Gasteiger partial charge in [0.2, 0.25) is 0 Å². The summed E-state index contributed by atoms with van der Waals surface area (Å²) in [5.41, 5.74) is 3.43. The number of pyridine rings is 1. The third-order valence-corrected chi connectivity index (χ3v) is 4.15. The van der Waals surface area contributed by atoms with Crippen LogP contribution in [0.5, 0.6) is 0 Å². The van der Waals surface area contributed by atoms with E-state index in [4.69, 9.17) is 0 Å². The van der Waals surface area contributed by atoms with E-state index in [1.54, 1.807) is 0 Å². The molecular formula is C20H20N6. The fourth-order valence-electron chi connectivity index (χ4n) is 2.74. The minimum absolute atomic E-state index is 0.689. The zero-order valence-corrected chi connectivity index (χ0v) is 14.4. The maximum atomic E-state index is 4.57. The van der Waals surface area contributed by atoms with E-state index in [0.29, 0.717) is 6.54 Å². The Hall–Kier alpha value is -3.41. The van der Waals surface area contributed by atoms with Gasteiger partial charge < -0.3 is 5.32 Å². The number of benzene rings is 1. The molecule has 0 aliphatic rings. The third kappa shape index (κ3) is 3.97. The van der Waals surface area contributed by atoms with E-state index in [-0.39, 0.29) is 0 Å². The first-order chi connectivity index (χ1) is 12.9. The van der Waals surface area contributed by atoms with Crippen molar-refractivity contribution in [3.63, 3.8) is 0 Å². The molecule has 130 valence electrons. The molecule has 0 fully saturated rings. The monoisotopic (exact) mass is 344 g/mol. The van der Waals surface area contributed by atoms with Gasteiger partial charge in [0.15, 0.2) is 0 Å². The van der Waals surface area contributed by atoms with E-state index < -0.39 is 0 Å². The van der Waals surface area contributed by atoms with Crippen LogP contribution in [0.3, 0.4) is 0 Å². The molecule has 1 N–H and O–H groups in total. The predicted octanol–water partition coefficient (Wildman–Crippen LogP) is 3.32. The Morgan fingerprint density at radius 1 is 0.923 bits per heavy atom. The van der Waals surface area contributed by atoms with Crippen LogP contribution in [0.15, 0.2) is 79.5 Å². The Bertz CT molecular complexity index is 943. The number of aromatic nitrogens is 5. The Labute approximate surface area is 152 Å². The molecule has 0 amide bonds. The second kappa shape index (κ2) is 7.65. The van der Waals surface area contributed by atoms with Crippen LogP contribution in [0.4, 0.5) is 5.82 Å². The fraction of sp³-hybridized carbons (Fsp3) is 0.150. The molecule has 4 aromatic rings. The summed E-state index contributed by atoms with van der Waals surface area (Å²) < 4.78 is 3.83. The number of aryl methyl sites for hydroxylation is 2. The number of rotatable bonds is 7. The lowest BCUT2D eigenvalue weighted by molar-refractivity contribution is 0.616. The molecule has 0 spiro atoms. The van der Waals surface area contributed by atoms with Crippen molar-refractivity contribution in [1.82, 2.24) is 24.5 Å². The summed E-state index contributed by atoms with van der Waals surface area (Å²) in [6.07, 6.45) is 10.5. The van der Waals surface area contributed by atoms with Gasteiger partial charge in [-0.25, -0.2) is 4.68 Å². The molecule has 0 bridgehead atoms. The summed E-state index contributed by atoms with van der Waals surface area (Å²) in [6, 6.07) is 16.2. The van der Waals surface area contributed by atoms with Crippen molar-refractivity contribution >= 4 is 5.82 Å². The van der Waals surface area contributed by atoms with E-state index >= 15 is 0 Å². The second-order valence-corrected chi connectivity index (χ2v) is 6.05. The van der Waals surface area contributed by atoms with E-state index in [9.17, 15) is 0 Å². The van der Waals surface area contributed by atoms with E-state index in [0.717, 1.165) is 30.0 Å². The van der Waals surface area contributed by atoms with Crippen molar-refractivity contribution < 1.29 is 0 Å². The van der Waals surface area contributed by atoms with E-state index in [1.165, 1.54) is 5.56 Å². The lowest BCUT2D eigenvalue weighted by Gasteiger charge is -2.03. The lowest BCUT2D eigenvalue weighted by atomic mass is 10.2. The first-order valence-electron chi connectivity index (χ1n) is 8.62. The largest absolute Gasteiger partial charge is 0.364 e. The highest BCUT2D eigenvalue weighted by Gasteiger charge is 2.03. The molecule has 0 unspecified atom stereocenters. The molecule has 6 heteroatoms. The van der Waals surface area contributed by atoms with Gasteiger partial charge >= 0.3 is 0 Å². The molecule has 0 aliphatic carbocycles. The Balaban J connectivity index is 1.31. The Morgan fingerprint density at radius 2 is 1.77 bits per heavy atom. The molecule has 26 heavy (non-hydrogen) atoms. The van der Waals surface area contributed by atoms with Crippen LogP contribution in [0.25, 0.3) is 5.69 Å². The summed E-state index contributed by atoms with van der Waals surface area (Å²) in [6.45, 7) is 1.53. The Kier molecular flexibility index (Phi) is 4.73. The highest BCUT2D eigenvalue weighted by atomic mass is 15.3. The number of anilines is 1. The molecule has 0 saturated heterocycles. The topological polar surface area (TPSA) is 60.6 Å². The van der Waals surface area contributed by atoms with Crippen molar-refractivity contribution in [2.24, 2.45) is 0 Å². The first-order valence-corrected chi connectivity index (χ1v) is 8.62. The lowest BCUT2D eigenvalue weighted by Crippen LogP contribution is -2.04. The minimum atomic E-state index is 0.689. The van der Waals surface area contributed by atoms with Crippen LogP contribution in [0, 0.1) is 0 Å². The maximum Gasteiger partial charge on any atom is 0.148 e. The smallest absolute Gasteiger partial charge is 0.148 e. The second-order valence-electron chi connectivity index (χ2n) is 6.05. The Morgan fingerprint density at radius 3 is 2.62 bits per heavy atom. The van der Waals surface area contributed by atoms with Crippen LogP contribution in [0.2, 0.25) is 0 Å². The van der Waals surface area contributed by atoms with Crippen LogP contribution in [-0.2, 0) is 19.5 Å². The third-order valence-electron chi connectivity index (χ3n) is 4.15. The average Bonchev–Trinajstić information content (AvgIpc) is 3.36. The number of hydrogen-bond donors (Lipinski definition) is 1. The highest BCUT2D eigenvalue weighted by molar-refractivity contribution is 5.35. The van der Waals surface area contributed by atoms with Gasteiger partial charge in [-0.15, -0.1) is 0 Å². The van der Waals surface area contributed by atoms with E-state index in [2.05, 4.69) is 20.5 Å². The summed E-state index contributed by atoms with van der Waals surface area (Å²) in [7, 11) is 0. The number of hydrogen-bond acceptors (Lipinski definition) is 4. The first kappa shape index (κ1) is 16.1. The minimum Gasteiger partial charge on any atom is -0.364 e. The fourth-order valence-corrected chi connectivity index (χ4v) is 2.74. The van der Waals surface area contributed by atoms with Crippen molar-refractivity contribution in [2.75, 3.05) is 5.32 Å². The standard InChI is InChI=1S/C20H20N6/c1-2-4-19(5-3-1)26-16-18(15-23-26)14-22-20-9-13-25(24-20)12-8-17-6-10-21-11-7-17/h1-7,9-11,13,15-16H,8,12,14H2,(H,22,24). The zero-order valence-electron chi connectivity index (χ0n) is 14.4. The van der Waals surface area contributed by atoms with Gasteiger partial charge in [-0.1, -0.05) is 18.2 Å². The van der Waals surface area contributed by atoms with Gasteiger partial charge in [-0.3, -0.25) is 9.67 Å². The van der Waals surface area contributed by atoms with Gasteiger partial charge in [0.1, 0.15) is 5.82 Å². The van der Waals surface area contributed by atoms with Crippen LogP contribution < -0.4 is 5.32 Å². The SMILES string of the molecule is c1ccc(-n2cc(CNc3ccn(CCc4ccncc4)n3)cn2)cc1. The van der Waals surface area contributed by atoms with Gasteiger partial charge in [0.05, 0.1) is 11.9 Å². The van der Waals surface area contributed by atoms with Gasteiger partial charge in [-0.2, -0.15) is 10.2 Å². The van der Waals surface area contributed by atoms with Crippen molar-refractivity contribution in [3.05, 3.63) is 90.6 Å². The molecule has 6 nitrogen and oxygen atoms in total. The molecule has 0 atom stereocenters. The van der Waals surface area contributed by atoms with Crippen LogP contribution in [-0.4, -0.2) is 24.5 Å². The zero-order chi connectivity index (χ0) is 17.6. The van der Waals surface area contributed by atoms with Gasteiger partial charge in [0.25, 0.3) is 0 Å². The van der Waals surface area contributed by atoms with Crippen LogP contribution >= 0.6 is 0 Å². The van der Waals surface area contributed by atoms with Gasteiger partial charge in [0, 0.05) is 49.5 Å². The quantitative estimate of drug-likeness (QED) is 0.559. The summed E-state index contributed by atoms with van der Waals surface area (Å²) >= 11 is 0. The molecule has 3 heterocycles. The number of nitrogens with one attached hydrogen (secondary N) is 1. The number of para-hydroxylation sites is 1. The molecule has 1 aromatic carbocycles. The maximum absolute atomic E-state index is 4.57. The molecule has 3 aromatic heterocycles. The number of nitrogens with zero attached hydrogens (tertiary/aromatic N) is 5. The van der Waals surface area contributed by atoms with Crippen molar-refractivity contribution in [3.8, 4) is 5.69 Å². The predicted molar refractivity (Wildman–Crippen MR) is 101 cm³/mol. The average molecular weight is 344 g/mol. The summed E-state index contributed by atoms with van der Waals surface area (Å²) in [5, 5.41) is 12.3. The summed E-state index contributed by atoms with van der Waals surface area (Å²) in [4.78, 5) is 4.04. The normalized spacial score (nSPS) is 10.8. The molecule has 0 radical (unpaired) electrons. The molecule has 4 rings (SSSR count). The van der Waals surface area contributed by atoms with E-state index in [1.807, 2.05) is 88.9 Å².